The second kappa shape index (κ2) is 9.32. The Bertz CT molecular complexity index is 846. The van der Waals surface area contributed by atoms with Crippen LogP contribution in [-0.4, -0.2) is 34.4 Å². The van der Waals surface area contributed by atoms with Crippen molar-refractivity contribution in [2.75, 3.05) is 0 Å². The van der Waals surface area contributed by atoms with E-state index in [1.807, 2.05) is 0 Å². The van der Waals surface area contributed by atoms with Crippen LogP contribution in [0.1, 0.15) is 25.0 Å². The molecule has 142 valence electrons. The van der Waals surface area contributed by atoms with Crippen molar-refractivity contribution in [3.63, 3.8) is 0 Å². The maximum absolute atomic E-state index is 11.8. The zero-order valence-electron chi connectivity index (χ0n) is 14.9. The van der Waals surface area contributed by atoms with E-state index >= 15 is 0 Å². The summed E-state index contributed by atoms with van der Waals surface area (Å²) in [5.41, 5.74) is 1.35. The summed E-state index contributed by atoms with van der Waals surface area (Å²) in [5, 5.41) is 18.7. The number of hydrogen-bond donors (Lipinski definition) is 2. The molecule has 0 heterocycles. The van der Waals surface area contributed by atoms with Gasteiger partial charge in [0.05, 0.1) is 5.92 Å². The molecule has 0 saturated heterocycles. The van der Waals surface area contributed by atoms with Crippen molar-refractivity contribution in [3.8, 4) is 11.5 Å². The summed E-state index contributed by atoms with van der Waals surface area (Å²) in [4.78, 5) is 27.4. The Kier molecular flexibility index (Phi) is 7.12. The number of benzene rings is 2. The summed E-state index contributed by atoms with van der Waals surface area (Å²) in [6.45, 7) is 3.48. The molecule has 1 unspecified atom stereocenters. The summed E-state index contributed by atoms with van der Waals surface area (Å²) in [6.07, 6.45) is 1.63. The molecule has 2 aromatic carbocycles. The van der Waals surface area contributed by atoms with Gasteiger partial charge in [-0.05, 0) is 41.5 Å². The third kappa shape index (κ3) is 6.53. The number of phenolic OH excluding ortho intramolecular Hbond substituents is 1. The first kappa shape index (κ1) is 20.6. The van der Waals surface area contributed by atoms with Crippen LogP contribution in [0.4, 0.5) is 0 Å². The fourth-order valence-electron chi connectivity index (χ4n) is 2.19. The van der Waals surface area contributed by atoms with Crippen LogP contribution in [-0.2, 0) is 16.0 Å². The molecule has 1 atom stereocenters. The van der Waals surface area contributed by atoms with Crippen LogP contribution in [0.15, 0.2) is 51.9 Å². The van der Waals surface area contributed by atoms with Crippen LogP contribution in [0, 0.1) is 5.92 Å². The highest BCUT2D eigenvalue weighted by molar-refractivity contribution is 9.10. The molecule has 6 nitrogen and oxygen atoms in total. The lowest BCUT2D eigenvalue weighted by Gasteiger charge is -2.09. The molecule has 0 aromatic heterocycles. The number of esters is 1. The van der Waals surface area contributed by atoms with Crippen LogP contribution in [0.2, 0.25) is 0 Å². The molecular weight excluding hydrogens is 414 g/mol. The Balaban J connectivity index is 2.17. The SMILES string of the molecule is CC(C)C(=O)Oc1cc(Br)cc(C=NC(Cc2ccc(O)cc2)C(=O)O)c1. The highest BCUT2D eigenvalue weighted by Crippen LogP contribution is 2.22. The van der Waals surface area contributed by atoms with Gasteiger partial charge in [-0.25, -0.2) is 4.79 Å². The van der Waals surface area contributed by atoms with Crippen LogP contribution in [0.25, 0.3) is 0 Å². The van der Waals surface area contributed by atoms with E-state index in [9.17, 15) is 19.8 Å². The van der Waals surface area contributed by atoms with E-state index in [-0.39, 0.29) is 24.1 Å². The van der Waals surface area contributed by atoms with Gasteiger partial charge in [-0.15, -0.1) is 0 Å². The number of carbonyl (C=O) groups is 2. The number of aliphatic imine (C=N–C) groups is 1. The Labute approximate surface area is 165 Å². The van der Waals surface area contributed by atoms with Crippen molar-refractivity contribution >= 4 is 34.1 Å². The van der Waals surface area contributed by atoms with Gasteiger partial charge in [0.25, 0.3) is 0 Å². The summed E-state index contributed by atoms with van der Waals surface area (Å²) >= 11 is 3.34. The lowest BCUT2D eigenvalue weighted by Crippen LogP contribution is -2.21. The monoisotopic (exact) mass is 433 g/mol. The summed E-state index contributed by atoms with van der Waals surface area (Å²) < 4.78 is 5.97. The lowest BCUT2D eigenvalue weighted by atomic mass is 10.1. The minimum atomic E-state index is -1.05. The third-order valence-corrected chi connectivity index (χ3v) is 4.10. The van der Waals surface area contributed by atoms with Crippen molar-refractivity contribution < 1.29 is 24.5 Å². The van der Waals surface area contributed by atoms with Gasteiger partial charge in [0.1, 0.15) is 11.5 Å². The number of rotatable bonds is 7. The van der Waals surface area contributed by atoms with Gasteiger partial charge >= 0.3 is 11.9 Å². The van der Waals surface area contributed by atoms with Crippen LogP contribution < -0.4 is 4.74 Å². The van der Waals surface area contributed by atoms with E-state index in [0.29, 0.717) is 15.8 Å². The first-order valence-electron chi connectivity index (χ1n) is 8.31. The van der Waals surface area contributed by atoms with Crippen molar-refractivity contribution in [2.24, 2.45) is 10.9 Å². The predicted molar refractivity (Wildman–Crippen MR) is 105 cm³/mol. The average Bonchev–Trinajstić information content (AvgIpc) is 2.59. The minimum Gasteiger partial charge on any atom is -0.508 e. The Morgan fingerprint density at radius 2 is 1.85 bits per heavy atom. The molecule has 0 fully saturated rings. The van der Waals surface area contributed by atoms with E-state index in [4.69, 9.17) is 4.74 Å². The van der Waals surface area contributed by atoms with Gasteiger partial charge in [0.15, 0.2) is 6.04 Å². The molecule has 0 bridgehead atoms. The number of carboxylic acid groups (broad SMARTS) is 1. The third-order valence-electron chi connectivity index (χ3n) is 3.64. The van der Waals surface area contributed by atoms with E-state index in [1.165, 1.54) is 18.3 Å². The number of carboxylic acids is 1. The fourth-order valence-corrected chi connectivity index (χ4v) is 2.68. The standard InChI is InChI=1S/C20H20BrNO5/c1-12(2)20(26)27-17-8-14(7-15(21)10-17)11-22-18(19(24)25)9-13-3-5-16(23)6-4-13/h3-8,10-12,18,23H,9H2,1-2H3,(H,24,25). The number of carbonyl (C=O) groups excluding carboxylic acids is 1. The van der Waals surface area contributed by atoms with Gasteiger partial charge in [-0.3, -0.25) is 9.79 Å². The molecule has 7 heteroatoms. The minimum absolute atomic E-state index is 0.117. The smallest absolute Gasteiger partial charge is 0.328 e. The molecule has 0 aliphatic heterocycles. The molecule has 0 saturated carbocycles. The van der Waals surface area contributed by atoms with E-state index in [2.05, 4.69) is 20.9 Å². The number of hydrogen-bond acceptors (Lipinski definition) is 5. The molecular formula is C20H20BrNO5. The first-order chi connectivity index (χ1) is 12.7. The molecule has 0 aliphatic carbocycles. The molecule has 0 amide bonds. The maximum atomic E-state index is 11.8. The molecule has 27 heavy (non-hydrogen) atoms. The summed E-state index contributed by atoms with van der Waals surface area (Å²) in [6, 6.07) is 10.4. The molecule has 2 rings (SSSR count). The number of ether oxygens (including phenoxy) is 1. The molecule has 0 radical (unpaired) electrons. The van der Waals surface area contributed by atoms with Crippen molar-refractivity contribution in [1.82, 2.24) is 0 Å². The Morgan fingerprint density at radius 3 is 2.44 bits per heavy atom. The number of nitrogens with zero attached hydrogens (tertiary/aromatic N) is 1. The average molecular weight is 434 g/mol. The van der Waals surface area contributed by atoms with Gasteiger partial charge in [-0.1, -0.05) is 41.9 Å². The largest absolute Gasteiger partial charge is 0.508 e. The normalized spacial score (nSPS) is 12.3. The highest BCUT2D eigenvalue weighted by Gasteiger charge is 2.16. The number of aliphatic carboxylic acids is 1. The summed E-state index contributed by atoms with van der Waals surface area (Å²) in [7, 11) is 0. The van der Waals surface area contributed by atoms with Gasteiger partial charge in [0, 0.05) is 17.1 Å². The van der Waals surface area contributed by atoms with E-state index < -0.39 is 12.0 Å². The number of halogens is 1. The zero-order chi connectivity index (χ0) is 20.0. The van der Waals surface area contributed by atoms with Crippen LogP contribution >= 0.6 is 15.9 Å². The van der Waals surface area contributed by atoms with Gasteiger partial charge in [-0.2, -0.15) is 0 Å². The summed E-state index contributed by atoms with van der Waals surface area (Å²) in [5.74, 6) is -1.20. The molecule has 0 spiro atoms. The topological polar surface area (TPSA) is 96.2 Å². The van der Waals surface area contributed by atoms with E-state index in [1.54, 1.807) is 44.2 Å². The van der Waals surface area contributed by atoms with Crippen LogP contribution in [0.3, 0.4) is 0 Å². The number of aromatic hydroxyl groups is 1. The Morgan fingerprint density at radius 1 is 1.19 bits per heavy atom. The maximum Gasteiger partial charge on any atom is 0.328 e. The quantitative estimate of drug-likeness (QED) is 0.392. The van der Waals surface area contributed by atoms with Gasteiger partial charge < -0.3 is 14.9 Å². The highest BCUT2D eigenvalue weighted by atomic mass is 79.9. The Hall–Kier alpha value is -2.67. The molecule has 2 N–H and O–H groups in total. The zero-order valence-corrected chi connectivity index (χ0v) is 16.5. The number of phenols is 1. The first-order valence-corrected chi connectivity index (χ1v) is 9.10. The second-order valence-corrected chi connectivity index (χ2v) is 7.21. The van der Waals surface area contributed by atoms with E-state index in [0.717, 1.165) is 5.56 Å². The van der Waals surface area contributed by atoms with Crippen molar-refractivity contribution in [3.05, 3.63) is 58.1 Å². The predicted octanol–water partition coefficient (Wildman–Crippen LogP) is 3.83. The van der Waals surface area contributed by atoms with Crippen molar-refractivity contribution in [2.45, 2.75) is 26.3 Å². The molecule has 0 aliphatic rings. The second-order valence-electron chi connectivity index (χ2n) is 6.30. The lowest BCUT2D eigenvalue weighted by molar-refractivity contribution is -0.139. The van der Waals surface area contributed by atoms with Gasteiger partial charge in [0.2, 0.25) is 0 Å². The molecule has 2 aromatic rings. The fraction of sp³-hybridized carbons (Fsp3) is 0.250. The van der Waals surface area contributed by atoms with Crippen molar-refractivity contribution in [1.29, 1.82) is 0 Å². The van der Waals surface area contributed by atoms with Crippen LogP contribution in [0.5, 0.6) is 11.5 Å².